The van der Waals surface area contributed by atoms with Crippen LogP contribution in [0.2, 0.25) is 0 Å². The molecule has 102 valence electrons. The zero-order valence-corrected chi connectivity index (χ0v) is 11.8. The lowest BCUT2D eigenvalue weighted by Crippen LogP contribution is -2.17. The molecule has 0 aromatic carbocycles. The molecule has 0 fully saturated rings. The first-order chi connectivity index (χ1) is 10.3. The van der Waals surface area contributed by atoms with Crippen LogP contribution >= 0.6 is 11.3 Å². The van der Waals surface area contributed by atoms with Crippen LogP contribution in [0.1, 0.15) is 20.9 Å². The molecule has 4 rings (SSSR count). The summed E-state index contributed by atoms with van der Waals surface area (Å²) in [6, 6.07) is 9.29. The van der Waals surface area contributed by atoms with Crippen molar-refractivity contribution in [3.63, 3.8) is 0 Å². The number of furan rings is 1. The van der Waals surface area contributed by atoms with Crippen molar-refractivity contribution < 1.29 is 9.21 Å². The van der Waals surface area contributed by atoms with Crippen LogP contribution in [0, 0.1) is 0 Å². The highest BCUT2D eigenvalue weighted by Gasteiger charge is 2.27. The van der Waals surface area contributed by atoms with Crippen LogP contribution in [0.25, 0.3) is 11.3 Å². The van der Waals surface area contributed by atoms with Gasteiger partial charge in [0.05, 0.1) is 23.2 Å². The Kier molecular flexibility index (Phi) is 2.79. The first kappa shape index (κ1) is 12.2. The Morgan fingerprint density at radius 3 is 2.90 bits per heavy atom. The second-order valence-electron chi connectivity index (χ2n) is 4.68. The van der Waals surface area contributed by atoms with E-state index in [0.717, 1.165) is 21.8 Å². The zero-order valence-electron chi connectivity index (χ0n) is 10.9. The van der Waals surface area contributed by atoms with Gasteiger partial charge in [-0.2, -0.15) is 0 Å². The van der Waals surface area contributed by atoms with Crippen LogP contribution in [0.15, 0.2) is 57.6 Å². The summed E-state index contributed by atoms with van der Waals surface area (Å²) < 4.78 is 5.40. The normalized spacial score (nSPS) is 13.9. The first-order valence-corrected chi connectivity index (χ1v) is 7.38. The zero-order chi connectivity index (χ0) is 14.2. The summed E-state index contributed by atoms with van der Waals surface area (Å²) in [6.45, 7) is 0. The van der Waals surface area contributed by atoms with Gasteiger partial charge in [-0.3, -0.25) is 9.78 Å². The molecule has 1 amide bonds. The Morgan fingerprint density at radius 1 is 1.19 bits per heavy atom. The number of aromatic nitrogens is 1. The van der Waals surface area contributed by atoms with Gasteiger partial charge >= 0.3 is 0 Å². The van der Waals surface area contributed by atoms with Gasteiger partial charge in [0.25, 0.3) is 5.91 Å². The van der Waals surface area contributed by atoms with Gasteiger partial charge in [0, 0.05) is 28.4 Å². The third kappa shape index (κ3) is 2.02. The number of carbonyl (C=O) groups is 1. The Bertz CT molecular complexity index is 833. The first-order valence-electron chi connectivity index (χ1n) is 6.50. The van der Waals surface area contributed by atoms with Gasteiger partial charge in [-0.15, -0.1) is 11.3 Å². The number of hydrogen-bond donors (Lipinski definition) is 0. The Labute approximate surface area is 124 Å². The van der Waals surface area contributed by atoms with E-state index in [-0.39, 0.29) is 5.91 Å². The maximum absolute atomic E-state index is 12.4. The van der Waals surface area contributed by atoms with E-state index in [0.29, 0.717) is 17.7 Å². The largest absolute Gasteiger partial charge is 0.464 e. The molecule has 4 nitrogen and oxygen atoms in total. The Morgan fingerprint density at radius 2 is 2.14 bits per heavy atom. The summed E-state index contributed by atoms with van der Waals surface area (Å²) in [4.78, 5) is 21.9. The molecule has 1 aliphatic rings. The van der Waals surface area contributed by atoms with Crippen molar-refractivity contribution in [1.29, 1.82) is 0 Å². The lowest BCUT2D eigenvalue weighted by molar-refractivity contribution is 0.100. The van der Waals surface area contributed by atoms with Crippen LogP contribution in [-0.4, -0.2) is 16.6 Å². The predicted octanol–water partition coefficient (Wildman–Crippen LogP) is 3.59. The molecule has 0 atom stereocenters. The molecule has 0 saturated carbocycles. The number of carbonyl (C=O) groups excluding carboxylic acids is 1. The molecule has 0 unspecified atom stereocenters. The number of amides is 1. The highest BCUT2D eigenvalue weighted by atomic mass is 32.1. The standard InChI is InChI=1S/C16H10N2O2S/c19-16-15-10(13-5-3-7-20-13)9-21-14(15)8-12(18-16)11-4-1-2-6-17-11/h1-7,9H,8H2. The topological polar surface area (TPSA) is 55.5 Å². The van der Waals surface area contributed by atoms with Gasteiger partial charge in [0.2, 0.25) is 0 Å². The van der Waals surface area contributed by atoms with Crippen molar-refractivity contribution in [2.24, 2.45) is 4.99 Å². The van der Waals surface area contributed by atoms with Crippen LogP contribution in [0.3, 0.4) is 0 Å². The molecule has 0 bridgehead atoms. The number of hydrogen-bond acceptors (Lipinski definition) is 4. The van der Waals surface area contributed by atoms with Crippen molar-refractivity contribution in [2.45, 2.75) is 6.42 Å². The number of thiophene rings is 1. The monoisotopic (exact) mass is 294 g/mol. The third-order valence-corrected chi connectivity index (χ3v) is 4.38. The second-order valence-corrected chi connectivity index (χ2v) is 5.64. The van der Waals surface area contributed by atoms with Crippen molar-refractivity contribution in [1.82, 2.24) is 4.98 Å². The summed E-state index contributed by atoms with van der Waals surface area (Å²) in [6.07, 6.45) is 3.94. The van der Waals surface area contributed by atoms with Gasteiger partial charge in [-0.05, 0) is 24.3 Å². The lowest BCUT2D eigenvalue weighted by atomic mass is 10.0. The quantitative estimate of drug-likeness (QED) is 0.725. The van der Waals surface area contributed by atoms with Gasteiger partial charge < -0.3 is 4.42 Å². The minimum absolute atomic E-state index is 0.218. The van der Waals surface area contributed by atoms with E-state index in [9.17, 15) is 4.79 Å². The van der Waals surface area contributed by atoms with Crippen molar-refractivity contribution in [2.75, 3.05) is 0 Å². The van der Waals surface area contributed by atoms with Crippen LogP contribution in [0.4, 0.5) is 0 Å². The highest BCUT2D eigenvalue weighted by Crippen LogP contribution is 2.35. The fourth-order valence-corrected chi connectivity index (χ4v) is 3.46. The second kappa shape index (κ2) is 4.79. The molecule has 1 aliphatic heterocycles. The van der Waals surface area contributed by atoms with E-state index in [1.807, 2.05) is 35.7 Å². The van der Waals surface area contributed by atoms with Crippen molar-refractivity contribution in [3.05, 3.63) is 64.3 Å². The molecular formula is C16H10N2O2S. The van der Waals surface area contributed by atoms with Gasteiger partial charge in [-0.25, -0.2) is 4.99 Å². The number of pyridine rings is 1. The molecule has 3 aromatic heterocycles. The van der Waals surface area contributed by atoms with Crippen LogP contribution in [0.5, 0.6) is 0 Å². The van der Waals surface area contributed by atoms with Crippen LogP contribution < -0.4 is 0 Å². The van der Waals surface area contributed by atoms with Crippen LogP contribution in [-0.2, 0) is 6.42 Å². The highest BCUT2D eigenvalue weighted by molar-refractivity contribution is 7.11. The summed E-state index contributed by atoms with van der Waals surface area (Å²) in [5.41, 5.74) is 2.97. The maximum Gasteiger partial charge on any atom is 0.279 e. The fraction of sp³-hybridized carbons (Fsp3) is 0.0625. The molecule has 0 spiro atoms. The third-order valence-electron chi connectivity index (χ3n) is 3.39. The van der Waals surface area contributed by atoms with E-state index in [1.54, 1.807) is 23.8 Å². The molecule has 0 saturated heterocycles. The Balaban J connectivity index is 1.78. The van der Waals surface area contributed by atoms with E-state index in [1.165, 1.54) is 0 Å². The van der Waals surface area contributed by atoms with E-state index < -0.39 is 0 Å². The summed E-state index contributed by atoms with van der Waals surface area (Å²) in [7, 11) is 0. The smallest absolute Gasteiger partial charge is 0.279 e. The minimum atomic E-state index is -0.218. The number of nitrogens with zero attached hydrogens (tertiary/aromatic N) is 2. The molecule has 3 aromatic rings. The number of fused-ring (bicyclic) bond motifs is 1. The molecule has 4 heterocycles. The van der Waals surface area contributed by atoms with E-state index >= 15 is 0 Å². The molecule has 0 N–H and O–H groups in total. The van der Waals surface area contributed by atoms with E-state index in [4.69, 9.17) is 4.42 Å². The average molecular weight is 294 g/mol. The lowest BCUT2D eigenvalue weighted by Gasteiger charge is -2.11. The molecule has 0 aliphatic carbocycles. The molecule has 0 radical (unpaired) electrons. The number of aliphatic imine (C=N–C) groups is 1. The maximum atomic E-state index is 12.4. The predicted molar refractivity (Wildman–Crippen MR) is 80.8 cm³/mol. The summed E-state index contributed by atoms with van der Waals surface area (Å²) in [5.74, 6) is 0.488. The van der Waals surface area contributed by atoms with Crippen molar-refractivity contribution >= 4 is 23.0 Å². The SMILES string of the molecule is O=C1N=C(c2ccccn2)Cc2scc(-c3ccco3)c21. The Hall–Kier alpha value is -2.53. The average Bonchev–Trinajstić information content (AvgIpc) is 3.17. The number of rotatable bonds is 2. The van der Waals surface area contributed by atoms with Gasteiger partial charge in [0.1, 0.15) is 5.76 Å². The fourth-order valence-electron chi connectivity index (χ4n) is 2.43. The molecule has 5 heteroatoms. The van der Waals surface area contributed by atoms with E-state index in [2.05, 4.69) is 9.98 Å². The molecule has 21 heavy (non-hydrogen) atoms. The minimum Gasteiger partial charge on any atom is -0.464 e. The van der Waals surface area contributed by atoms with Gasteiger partial charge in [-0.1, -0.05) is 6.07 Å². The van der Waals surface area contributed by atoms with Crippen molar-refractivity contribution in [3.8, 4) is 11.3 Å². The molecular weight excluding hydrogens is 284 g/mol. The summed E-state index contributed by atoms with van der Waals surface area (Å²) >= 11 is 1.56. The summed E-state index contributed by atoms with van der Waals surface area (Å²) in [5, 5.41) is 1.96. The van der Waals surface area contributed by atoms with Gasteiger partial charge in [0.15, 0.2) is 0 Å².